The second-order valence-corrected chi connectivity index (χ2v) is 7.69. The summed E-state index contributed by atoms with van der Waals surface area (Å²) in [6.45, 7) is 3.89. The first kappa shape index (κ1) is 18.9. The molecule has 2 aromatic carbocycles. The molecule has 1 amide bonds. The van der Waals surface area contributed by atoms with E-state index in [9.17, 15) is 9.18 Å². The first-order valence-electron chi connectivity index (χ1n) is 9.13. The summed E-state index contributed by atoms with van der Waals surface area (Å²) in [6, 6.07) is 14.7. The number of hydrogen-bond acceptors (Lipinski definition) is 3. The minimum Gasteiger partial charge on any atom is -0.351 e. The number of halogens is 1. The van der Waals surface area contributed by atoms with Gasteiger partial charge in [-0.05, 0) is 55.3 Å². The second-order valence-electron chi connectivity index (χ2n) is 6.58. The second kappa shape index (κ2) is 9.74. The Balaban J connectivity index is 1.37. The molecule has 1 saturated heterocycles. The van der Waals surface area contributed by atoms with Gasteiger partial charge in [-0.2, -0.15) is 11.8 Å². The number of benzene rings is 2. The van der Waals surface area contributed by atoms with Crippen LogP contribution in [0.3, 0.4) is 0 Å². The van der Waals surface area contributed by atoms with Crippen LogP contribution in [-0.4, -0.2) is 36.2 Å². The Kier molecular flexibility index (Phi) is 7.09. The Morgan fingerprint density at radius 2 is 1.81 bits per heavy atom. The molecule has 2 aromatic rings. The molecule has 0 radical (unpaired) electrons. The number of likely N-dealkylation sites (tertiary alicyclic amines) is 1. The van der Waals surface area contributed by atoms with E-state index in [1.807, 2.05) is 30.3 Å². The van der Waals surface area contributed by atoms with Gasteiger partial charge in [0.15, 0.2) is 0 Å². The van der Waals surface area contributed by atoms with Crippen molar-refractivity contribution in [3.8, 4) is 0 Å². The molecule has 1 aliphatic heterocycles. The molecule has 1 fully saturated rings. The van der Waals surface area contributed by atoms with Crippen molar-refractivity contribution in [1.82, 2.24) is 10.2 Å². The molecular formula is C21H25FN2OS. The van der Waals surface area contributed by atoms with Crippen LogP contribution in [0.5, 0.6) is 0 Å². The summed E-state index contributed by atoms with van der Waals surface area (Å²) in [5, 5.41) is 2.93. The quantitative estimate of drug-likeness (QED) is 0.709. The van der Waals surface area contributed by atoms with Crippen LogP contribution in [0.15, 0.2) is 48.5 Å². The summed E-state index contributed by atoms with van der Waals surface area (Å²) >= 11 is 1.62. The number of carbonyl (C=O) groups excluding carboxylic acids is 1. The summed E-state index contributed by atoms with van der Waals surface area (Å²) in [7, 11) is 0. The Labute approximate surface area is 159 Å². The fourth-order valence-corrected chi connectivity index (χ4v) is 3.94. The predicted octanol–water partition coefficient (Wildman–Crippen LogP) is 4.08. The molecule has 3 rings (SSSR count). The topological polar surface area (TPSA) is 32.3 Å². The normalized spacial score (nSPS) is 14.5. The molecule has 1 aliphatic rings. The Morgan fingerprint density at radius 3 is 2.54 bits per heavy atom. The first-order valence-corrected chi connectivity index (χ1v) is 10.3. The maximum atomic E-state index is 13.5. The van der Waals surface area contributed by atoms with Crippen LogP contribution in [0, 0.1) is 5.82 Å². The van der Waals surface area contributed by atoms with Crippen LogP contribution in [0.1, 0.15) is 34.3 Å². The number of hydrogen-bond donors (Lipinski definition) is 1. The third kappa shape index (κ3) is 5.58. The molecule has 0 aliphatic carbocycles. The SMILES string of the molecule is O=C(NCCSCc1ccccc1F)c1ccc(CN2CCCC2)cc1. The van der Waals surface area contributed by atoms with E-state index in [0.29, 0.717) is 23.4 Å². The average molecular weight is 373 g/mol. The zero-order valence-electron chi connectivity index (χ0n) is 14.9. The van der Waals surface area contributed by atoms with Gasteiger partial charge in [-0.1, -0.05) is 30.3 Å². The number of rotatable bonds is 8. The molecule has 1 N–H and O–H groups in total. The van der Waals surface area contributed by atoms with Crippen molar-refractivity contribution in [1.29, 1.82) is 0 Å². The van der Waals surface area contributed by atoms with E-state index in [4.69, 9.17) is 0 Å². The van der Waals surface area contributed by atoms with Crippen molar-refractivity contribution < 1.29 is 9.18 Å². The van der Waals surface area contributed by atoms with E-state index in [-0.39, 0.29) is 11.7 Å². The van der Waals surface area contributed by atoms with Crippen LogP contribution < -0.4 is 5.32 Å². The van der Waals surface area contributed by atoms with Gasteiger partial charge >= 0.3 is 0 Å². The average Bonchev–Trinajstić information content (AvgIpc) is 3.16. The van der Waals surface area contributed by atoms with Crippen LogP contribution >= 0.6 is 11.8 Å². The van der Waals surface area contributed by atoms with E-state index in [1.54, 1.807) is 23.9 Å². The summed E-state index contributed by atoms with van der Waals surface area (Å²) in [4.78, 5) is 14.6. The fraction of sp³-hybridized carbons (Fsp3) is 0.381. The van der Waals surface area contributed by atoms with Crippen molar-refractivity contribution in [3.63, 3.8) is 0 Å². The lowest BCUT2D eigenvalue weighted by atomic mass is 10.1. The number of carbonyl (C=O) groups is 1. The zero-order valence-corrected chi connectivity index (χ0v) is 15.7. The summed E-state index contributed by atoms with van der Waals surface area (Å²) in [6.07, 6.45) is 2.57. The van der Waals surface area contributed by atoms with Gasteiger partial charge in [-0.25, -0.2) is 4.39 Å². The van der Waals surface area contributed by atoms with Gasteiger partial charge in [-0.3, -0.25) is 9.69 Å². The number of thioether (sulfide) groups is 1. The van der Waals surface area contributed by atoms with Crippen LogP contribution in [0.2, 0.25) is 0 Å². The molecule has 0 aromatic heterocycles. The van der Waals surface area contributed by atoms with Crippen LogP contribution in [0.4, 0.5) is 4.39 Å². The summed E-state index contributed by atoms with van der Waals surface area (Å²) < 4.78 is 13.5. The highest BCUT2D eigenvalue weighted by Gasteiger charge is 2.12. The standard InChI is InChI=1S/C21H25FN2OS/c22-20-6-2-1-5-19(20)16-26-14-11-23-21(25)18-9-7-17(8-10-18)15-24-12-3-4-13-24/h1-2,5-10H,3-4,11-16H2,(H,23,25). The molecule has 138 valence electrons. The lowest BCUT2D eigenvalue weighted by molar-refractivity contribution is 0.0956. The Bertz CT molecular complexity index is 714. The smallest absolute Gasteiger partial charge is 0.251 e. The minimum absolute atomic E-state index is 0.0517. The van der Waals surface area contributed by atoms with Gasteiger partial charge in [0.1, 0.15) is 5.82 Å². The predicted molar refractivity (Wildman–Crippen MR) is 106 cm³/mol. The molecule has 0 atom stereocenters. The van der Waals surface area contributed by atoms with Crippen LogP contribution in [-0.2, 0) is 12.3 Å². The van der Waals surface area contributed by atoms with Gasteiger partial charge < -0.3 is 5.32 Å². The monoisotopic (exact) mass is 372 g/mol. The molecule has 0 saturated carbocycles. The first-order chi connectivity index (χ1) is 12.7. The summed E-state index contributed by atoms with van der Waals surface area (Å²) in [5.74, 6) is 1.16. The Hall–Kier alpha value is -1.85. The van der Waals surface area contributed by atoms with Crippen LogP contribution in [0.25, 0.3) is 0 Å². The van der Waals surface area contributed by atoms with E-state index < -0.39 is 0 Å². The third-order valence-corrected chi connectivity index (χ3v) is 5.58. The molecule has 0 unspecified atom stereocenters. The molecule has 26 heavy (non-hydrogen) atoms. The highest BCUT2D eigenvalue weighted by Crippen LogP contribution is 2.15. The molecule has 1 heterocycles. The fourth-order valence-electron chi connectivity index (χ4n) is 3.10. The van der Waals surface area contributed by atoms with Crippen molar-refractivity contribution in [3.05, 3.63) is 71.0 Å². The highest BCUT2D eigenvalue weighted by molar-refractivity contribution is 7.98. The molecule has 0 bridgehead atoms. The highest BCUT2D eigenvalue weighted by atomic mass is 32.2. The summed E-state index contributed by atoms with van der Waals surface area (Å²) in [5.41, 5.74) is 2.65. The van der Waals surface area contributed by atoms with E-state index >= 15 is 0 Å². The zero-order chi connectivity index (χ0) is 18.2. The lowest BCUT2D eigenvalue weighted by Crippen LogP contribution is -2.25. The van der Waals surface area contributed by atoms with Gasteiger partial charge in [0, 0.05) is 30.2 Å². The van der Waals surface area contributed by atoms with Gasteiger partial charge in [0.05, 0.1) is 0 Å². The van der Waals surface area contributed by atoms with Crippen molar-refractivity contribution in [2.75, 3.05) is 25.4 Å². The van der Waals surface area contributed by atoms with E-state index in [1.165, 1.54) is 37.6 Å². The molecular weight excluding hydrogens is 347 g/mol. The molecule has 0 spiro atoms. The van der Waals surface area contributed by atoms with E-state index in [0.717, 1.165) is 12.3 Å². The minimum atomic E-state index is -0.168. The number of nitrogens with zero attached hydrogens (tertiary/aromatic N) is 1. The largest absolute Gasteiger partial charge is 0.351 e. The van der Waals surface area contributed by atoms with Crippen molar-refractivity contribution >= 4 is 17.7 Å². The maximum absolute atomic E-state index is 13.5. The van der Waals surface area contributed by atoms with Gasteiger partial charge in [0.2, 0.25) is 0 Å². The molecule has 5 heteroatoms. The van der Waals surface area contributed by atoms with Crippen molar-refractivity contribution in [2.24, 2.45) is 0 Å². The Morgan fingerprint density at radius 1 is 1.08 bits per heavy atom. The maximum Gasteiger partial charge on any atom is 0.251 e. The third-order valence-electron chi connectivity index (χ3n) is 4.57. The van der Waals surface area contributed by atoms with Crippen molar-refractivity contribution in [2.45, 2.75) is 25.1 Å². The van der Waals surface area contributed by atoms with Gasteiger partial charge in [-0.15, -0.1) is 0 Å². The van der Waals surface area contributed by atoms with Gasteiger partial charge in [0.25, 0.3) is 5.91 Å². The number of amides is 1. The molecule has 3 nitrogen and oxygen atoms in total. The number of nitrogens with one attached hydrogen (secondary N) is 1. The van der Waals surface area contributed by atoms with E-state index in [2.05, 4.69) is 10.2 Å². The lowest BCUT2D eigenvalue weighted by Gasteiger charge is -2.14.